The third-order valence-electron chi connectivity index (χ3n) is 3.33. The van der Waals surface area contributed by atoms with Gasteiger partial charge in [0, 0.05) is 17.0 Å². The molecule has 0 bridgehead atoms. The lowest BCUT2D eigenvalue weighted by Gasteiger charge is -2.30. The molecule has 0 unspecified atom stereocenters. The SMILES string of the molecule is CN(CCCc1ccc(Cl)cc1)CC(C)(CO)CO. The molecule has 4 heteroatoms. The normalized spacial score (nSPS) is 12.1. The predicted octanol–water partition coefficient (Wildman–Crippen LogP) is 2.20. The van der Waals surface area contributed by atoms with E-state index in [4.69, 9.17) is 11.6 Å². The number of hydrogen-bond acceptors (Lipinski definition) is 3. The number of aliphatic hydroxyl groups excluding tert-OH is 2. The first-order chi connectivity index (χ1) is 8.99. The van der Waals surface area contributed by atoms with Gasteiger partial charge in [0.25, 0.3) is 0 Å². The lowest BCUT2D eigenvalue weighted by Crippen LogP contribution is -2.39. The Kier molecular flexibility index (Phi) is 6.80. The minimum Gasteiger partial charge on any atom is -0.396 e. The molecule has 108 valence electrons. The third-order valence-corrected chi connectivity index (χ3v) is 3.59. The van der Waals surface area contributed by atoms with E-state index in [0.717, 1.165) is 24.4 Å². The van der Waals surface area contributed by atoms with Crippen LogP contribution in [0.1, 0.15) is 18.9 Å². The van der Waals surface area contributed by atoms with E-state index in [1.165, 1.54) is 5.56 Å². The average molecular weight is 286 g/mol. The Bertz CT molecular complexity index is 363. The van der Waals surface area contributed by atoms with Crippen LogP contribution in [-0.4, -0.2) is 48.5 Å². The Morgan fingerprint density at radius 3 is 2.26 bits per heavy atom. The number of halogens is 1. The monoisotopic (exact) mass is 285 g/mol. The van der Waals surface area contributed by atoms with E-state index in [0.29, 0.717) is 6.54 Å². The molecule has 0 atom stereocenters. The second kappa shape index (κ2) is 7.85. The fraction of sp³-hybridized carbons (Fsp3) is 0.600. The molecule has 0 spiro atoms. The summed E-state index contributed by atoms with van der Waals surface area (Å²) in [5.41, 5.74) is 0.861. The molecular weight excluding hydrogens is 262 g/mol. The van der Waals surface area contributed by atoms with Crippen molar-refractivity contribution in [1.82, 2.24) is 4.90 Å². The van der Waals surface area contributed by atoms with Crippen molar-refractivity contribution in [3.8, 4) is 0 Å². The third kappa shape index (κ3) is 5.91. The van der Waals surface area contributed by atoms with Gasteiger partial charge in [0.2, 0.25) is 0 Å². The second-order valence-electron chi connectivity index (χ2n) is 5.59. The van der Waals surface area contributed by atoms with E-state index in [-0.39, 0.29) is 13.2 Å². The van der Waals surface area contributed by atoms with Crippen LogP contribution in [-0.2, 0) is 6.42 Å². The van der Waals surface area contributed by atoms with Crippen molar-refractivity contribution < 1.29 is 10.2 Å². The molecule has 0 radical (unpaired) electrons. The molecule has 0 aliphatic carbocycles. The van der Waals surface area contributed by atoms with Crippen molar-refractivity contribution in [2.45, 2.75) is 19.8 Å². The van der Waals surface area contributed by atoms with Crippen LogP contribution in [0.4, 0.5) is 0 Å². The van der Waals surface area contributed by atoms with Gasteiger partial charge in [-0.05, 0) is 44.1 Å². The number of benzene rings is 1. The quantitative estimate of drug-likeness (QED) is 0.770. The summed E-state index contributed by atoms with van der Waals surface area (Å²) >= 11 is 5.85. The molecule has 0 aliphatic rings. The van der Waals surface area contributed by atoms with Gasteiger partial charge >= 0.3 is 0 Å². The van der Waals surface area contributed by atoms with Crippen molar-refractivity contribution in [3.05, 3.63) is 34.9 Å². The first-order valence-corrected chi connectivity index (χ1v) is 7.01. The molecule has 0 amide bonds. The standard InChI is InChI=1S/C15H24ClNO2/c1-15(11-18,12-19)10-17(2)9-3-4-13-5-7-14(16)8-6-13/h5-8,18-19H,3-4,9-12H2,1-2H3. The zero-order valence-corrected chi connectivity index (χ0v) is 12.5. The summed E-state index contributed by atoms with van der Waals surface area (Å²) in [7, 11) is 2.02. The van der Waals surface area contributed by atoms with Gasteiger partial charge in [-0.25, -0.2) is 0 Å². The average Bonchev–Trinajstić information content (AvgIpc) is 2.41. The van der Waals surface area contributed by atoms with Crippen molar-refractivity contribution >= 4 is 11.6 Å². The number of hydrogen-bond donors (Lipinski definition) is 2. The Hall–Kier alpha value is -0.610. The number of aliphatic hydroxyl groups is 2. The fourth-order valence-electron chi connectivity index (χ4n) is 2.08. The van der Waals surface area contributed by atoms with Crippen LogP contribution in [0.15, 0.2) is 24.3 Å². The van der Waals surface area contributed by atoms with Gasteiger partial charge < -0.3 is 15.1 Å². The summed E-state index contributed by atoms with van der Waals surface area (Å²) in [5.74, 6) is 0. The number of nitrogens with zero attached hydrogens (tertiary/aromatic N) is 1. The highest BCUT2D eigenvalue weighted by Crippen LogP contribution is 2.16. The summed E-state index contributed by atoms with van der Waals surface area (Å²) in [6.07, 6.45) is 2.06. The van der Waals surface area contributed by atoms with Crippen LogP contribution in [0.25, 0.3) is 0 Å². The molecule has 1 aromatic rings. The van der Waals surface area contributed by atoms with Crippen LogP contribution in [0.5, 0.6) is 0 Å². The highest BCUT2D eigenvalue weighted by Gasteiger charge is 2.23. The summed E-state index contributed by atoms with van der Waals surface area (Å²) in [5, 5.41) is 19.3. The molecule has 2 N–H and O–H groups in total. The molecule has 0 fully saturated rings. The molecule has 1 rings (SSSR count). The minimum absolute atomic E-state index is 0.00498. The van der Waals surface area contributed by atoms with Gasteiger partial charge in [0.05, 0.1) is 13.2 Å². The van der Waals surface area contributed by atoms with E-state index >= 15 is 0 Å². The summed E-state index contributed by atoms with van der Waals surface area (Å²) in [6.45, 7) is 3.54. The van der Waals surface area contributed by atoms with E-state index in [1.54, 1.807) is 0 Å². The maximum absolute atomic E-state index is 9.26. The topological polar surface area (TPSA) is 43.7 Å². The molecule has 1 aromatic carbocycles. The number of aryl methyl sites for hydroxylation is 1. The highest BCUT2D eigenvalue weighted by atomic mass is 35.5. The van der Waals surface area contributed by atoms with Crippen LogP contribution >= 0.6 is 11.6 Å². The van der Waals surface area contributed by atoms with E-state index in [2.05, 4.69) is 4.90 Å². The maximum atomic E-state index is 9.26. The van der Waals surface area contributed by atoms with Crippen molar-refractivity contribution in [2.24, 2.45) is 5.41 Å². The molecular formula is C15H24ClNO2. The van der Waals surface area contributed by atoms with Gasteiger partial charge in [-0.15, -0.1) is 0 Å². The predicted molar refractivity (Wildman–Crippen MR) is 79.5 cm³/mol. The molecule has 0 saturated heterocycles. The Morgan fingerprint density at radius 2 is 1.74 bits per heavy atom. The Labute approximate surface area is 120 Å². The van der Waals surface area contributed by atoms with E-state index < -0.39 is 5.41 Å². The summed E-state index contributed by atoms with van der Waals surface area (Å²) < 4.78 is 0. The van der Waals surface area contributed by atoms with Gasteiger partial charge in [-0.1, -0.05) is 30.7 Å². The largest absolute Gasteiger partial charge is 0.396 e. The molecule has 19 heavy (non-hydrogen) atoms. The zero-order valence-electron chi connectivity index (χ0n) is 11.8. The minimum atomic E-state index is -0.422. The molecule has 0 aromatic heterocycles. The zero-order chi connectivity index (χ0) is 14.3. The van der Waals surface area contributed by atoms with Gasteiger partial charge in [0.1, 0.15) is 0 Å². The maximum Gasteiger partial charge on any atom is 0.0519 e. The van der Waals surface area contributed by atoms with Gasteiger partial charge in [0.15, 0.2) is 0 Å². The summed E-state index contributed by atoms with van der Waals surface area (Å²) in [6, 6.07) is 7.92. The van der Waals surface area contributed by atoms with E-state index in [9.17, 15) is 10.2 Å². The van der Waals surface area contributed by atoms with Gasteiger partial charge in [-0.2, -0.15) is 0 Å². The van der Waals surface area contributed by atoms with Crippen LogP contribution in [0, 0.1) is 5.41 Å². The lowest BCUT2D eigenvalue weighted by molar-refractivity contribution is 0.0418. The van der Waals surface area contributed by atoms with Crippen molar-refractivity contribution in [3.63, 3.8) is 0 Å². The Morgan fingerprint density at radius 1 is 1.16 bits per heavy atom. The van der Waals surface area contributed by atoms with E-state index in [1.807, 2.05) is 38.2 Å². The lowest BCUT2D eigenvalue weighted by atomic mass is 9.92. The van der Waals surface area contributed by atoms with Crippen LogP contribution in [0.2, 0.25) is 5.02 Å². The van der Waals surface area contributed by atoms with Crippen LogP contribution < -0.4 is 0 Å². The molecule has 0 heterocycles. The first-order valence-electron chi connectivity index (χ1n) is 6.64. The number of rotatable bonds is 8. The van der Waals surface area contributed by atoms with Gasteiger partial charge in [-0.3, -0.25) is 0 Å². The first kappa shape index (κ1) is 16.4. The fourth-order valence-corrected chi connectivity index (χ4v) is 2.21. The highest BCUT2D eigenvalue weighted by molar-refractivity contribution is 6.30. The van der Waals surface area contributed by atoms with Crippen LogP contribution in [0.3, 0.4) is 0 Å². The molecule has 0 aliphatic heterocycles. The second-order valence-corrected chi connectivity index (χ2v) is 6.03. The Balaban J connectivity index is 2.30. The molecule has 0 saturated carbocycles. The smallest absolute Gasteiger partial charge is 0.0519 e. The van der Waals surface area contributed by atoms with Crippen molar-refractivity contribution in [2.75, 3.05) is 33.4 Å². The summed E-state index contributed by atoms with van der Waals surface area (Å²) in [4.78, 5) is 2.16. The molecule has 3 nitrogen and oxygen atoms in total. The van der Waals surface area contributed by atoms with Crippen molar-refractivity contribution in [1.29, 1.82) is 0 Å².